The van der Waals surface area contributed by atoms with Gasteiger partial charge in [0.2, 0.25) is 5.82 Å². The maximum atomic E-state index is 13.2. The van der Waals surface area contributed by atoms with Crippen LogP contribution in [-0.2, 0) is 14.3 Å². The van der Waals surface area contributed by atoms with Crippen molar-refractivity contribution in [3.63, 3.8) is 0 Å². The third-order valence-corrected chi connectivity index (χ3v) is 3.42. The second-order valence-electron chi connectivity index (χ2n) is 4.93. The van der Waals surface area contributed by atoms with Crippen molar-refractivity contribution in [1.29, 1.82) is 0 Å². The van der Waals surface area contributed by atoms with Gasteiger partial charge in [-0.05, 0) is 29.8 Å². The predicted octanol–water partition coefficient (Wildman–Crippen LogP) is 3.58. The Balaban J connectivity index is 1.89. The molecule has 0 aromatic heterocycles. The van der Waals surface area contributed by atoms with Crippen molar-refractivity contribution in [1.82, 2.24) is 0 Å². The van der Waals surface area contributed by atoms with Crippen LogP contribution in [-0.4, -0.2) is 23.4 Å². The van der Waals surface area contributed by atoms with Crippen LogP contribution in [0.15, 0.2) is 48.5 Å². The molecule has 0 atom stereocenters. The van der Waals surface area contributed by atoms with E-state index in [0.717, 1.165) is 24.3 Å². The van der Waals surface area contributed by atoms with Crippen LogP contribution in [0.25, 0.3) is 6.08 Å². The van der Waals surface area contributed by atoms with Crippen LogP contribution < -0.4 is 5.32 Å². The first-order chi connectivity index (χ1) is 12.4. The molecule has 2 aromatic carbocycles. The van der Waals surface area contributed by atoms with E-state index in [-0.39, 0.29) is 5.69 Å². The zero-order valence-corrected chi connectivity index (χ0v) is 13.9. The van der Waals surface area contributed by atoms with Gasteiger partial charge in [0.15, 0.2) is 6.61 Å². The lowest BCUT2D eigenvalue weighted by Gasteiger charge is -2.05. The van der Waals surface area contributed by atoms with Gasteiger partial charge in [0.1, 0.15) is 0 Å². The SMILES string of the molecule is O=C(COC(=O)/C=C/c1ccccc1Cl)Nc1ccc(F)c([N+](=O)[O-])c1. The van der Waals surface area contributed by atoms with Gasteiger partial charge in [0.05, 0.1) is 4.92 Å². The summed E-state index contributed by atoms with van der Waals surface area (Å²) >= 11 is 5.93. The lowest BCUT2D eigenvalue weighted by atomic mass is 10.2. The molecule has 0 spiro atoms. The zero-order valence-electron chi connectivity index (χ0n) is 13.1. The number of halogens is 2. The number of benzene rings is 2. The smallest absolute Gasteiger partial charge is 0.331 e. The van der Waals surface area contributed by atoms with Gasteiger partial charge in [-0.2, -0.15) is 4.39 Å². The van der Waals surface area contributed by atoms with Crippen LogP contribution in [0.1, 0.15) is 5.56 Å². The Morgan fingerprint density at radius 2 is 2.00 bits per heavy atom. The van der Waals surface area contributed by atoms with Crippen molar-refractivity contribution in [2.75, 3.05) is 11.9 Å². The van der Waals surface area contributed by atoms with E-state index in [1.165, 1.54) is 6.08 Å². The van der Waals surface area contributed by atoms with Crippen LogP contribution in [0.5, 0.6) is 0 Å². The number of rotatable bonds is 6. The number of anilines is 1. The quantitative estimate of drug-likeness (QED) is 0.358. The molecule has 0 heterocycles. The Labute approximate surface area is 152 Å². The van der Waals surface area contributed by atoms with Crippen LogP contribution in [0, 0.1) is 15.9 Å². The molecule has 0 fully saturated rings. The highest BCUT2D eigenvalue weighted by atomic mass is 35.5. The van der Waals surface area contributed by atoms with Crippen molar-refractivity contribution in [2.45, 2.75) is 0 Å². The monoisotopic (exact) mass is 378 g/mol. The predicted molar refractivity (Wildman–Crippen MR) is 93.1 cm³/mol. The number of nitrogens with zero attached hydrogens (tertiary/aromatic N) is 1. The lowest BCUT2D eigenvalue weighted by molar-refractivity contribution is -0.387. The standard InChI is InChI=1S/C17H12ClFN2O5/c18-13-4-2-1-3-11(13)5-8-17(23)26-10-16(22)20-12-6-7-14(19)15(9-12)21(24)25/h1-9H,10H2,(H,20,22)/b8-5+. The summed E-state index contributed by atoms with van der Waals surface area (Å²) in [6.45, 7) is -0.614. The fraction of sp³-hybridized carbons (Fsp3) is 0.0588. The molecular formula is C17H12ClFN2O5. The molecule has 0 radical (unpaired) electrons. The summed E-state index contributed by atoms with van der Waals surface area (Å²) in [5.74, 6) is -2.53. The van der Waals surface area contributed by atoms with Gasteiger partial charge in [-0.25, -0.2) is 4.79 Å². The van der Waals surface area contributed by atoms with Crippen LogP contribution in [0.3, 0.4) is 0 Å². The summed E-state index contributed by atoms with van der Waals surface area (Å²) in [4.78, 5) is 33.1. The van der Waals surface area contributed by atoms with Gasteiger partial charge >= 0.3 is 11.7 Å². The second-order valence-corrected chi connectivity index (χ2v) is 5.34. The summed E-state index contributed by atoms with van der Waals surface area (Å²) in [5, 5.41) is 13.4. The number of carbonyl (C=O) groups is 2. The van der Waals surface area contributed by atoms with Crippen LogP contribution in [0.4, 0.5) is 15.8 Å². The molecule has 0 aliphatic rings. The van der Waals surface area contributed by atoms with E-state index in [9.17, 15) is 24.1 Å². The van der Waals surface area contributed by atoms with E-state index in [1.54, 1.807) is 24.3 Å². The van der Waals surface area contributed by atoms with Crippen molar-refractivity contribution in [2.24, 2.45) is 0 Å². The minimum Gasteiger partial charge on any atom is -0.452 e. The minimum atomic E-state index is -1.02. The average molecular weight is 379 g/mol. The van der Waals surface area contributed by atoms with Gasteiger partial charge in [0, 0.05) is 22.9 Å². The number of hydrogen-bond donors (Lipinski definition) is 1. The Morgan fingerprint density at radius 3 is 2.69 bits per heavy atom. The van der Waals surface area contributed by atoms with Gasteiger partial charge in [-0.1, -0.05) is 29.8 Å². The van der Waals surface area contributed by atoms with Gasteiger partial charge in [-0.3, -0.25) is 14.9 Å². The number of nitro benzene ring substituents is 1. The molecule has 0 unspecified atom stereocenters. The molecule has 134 valence electrons. The van der Waals surface area contributed by atoms with E-state index in [2.05, 4.69) is 5.32 Å². The van der Waals surface area contributed by atoms with E-state index in [4.69, 9.17) is 16.3 Å². The molecule has 0 aliphatic carbocycles. The van der Waals surface area contributed by atoms with E-state index < -0.39 is 34.9 Å². The zero-order chi connectivity index (χ0) is 19.1. The Kier molecular flexibility index (Phi) is 6.40. The summed E-state index contributed by atoms with van der Waals surface area (Å²) < 4.78 is 18.0. The summed E-state index contributed by atoms with van der Waals surface area (Å²) in [6, 6.07) is 9.70. The molecular weight excluding hydrogens is 367 g/mol. The van der Waals surface area contributed by atoms with Crippen LogP contribution >= 0.6 is 11.6 Å². The topological polar surface area (TPSA) is 98.5 Å². The molecule has 1 N–H and O–H groups in total. The maximum absolute atomic E-state index is 13.2. The van der Waals surface area contributed by atoms with Crippen molar-refractivity contribution >= 4 is 40.9 Å². The molecule has 2 aromatic rings. The molecule has 1 amide bonds. The first-order valence-electron chi connectivity index (χ1n) is 7.20. The first kappa shape index (κ1) is 19.1. The third-order valence-electron chi connectivity index (χ3n) is 3.08. The van der Waals surface area contributed by atoms with Gasteiger partial charge < -0.3 is 10.1 Å². The van der Waals surface area contributed by atoms with E-state index in [0.29, 0.717) is 10.6 Å². The second kappa shape index (κ2) is 8.72. The molecule has 0 aliphatic heterocycles. The van der Waals surface area contributed by atoms with Crippen molar-refractivity contribution in [3.05, 3.63) is 75.1 Å². The molecule has 0 saturated carbocycles. The number of ether oxygens (including phenoxy) is 1. The Hall–Kier alpha value is -3.26. The summed E-state index contributed by atoms with van der Waals surface area (Å²) in [6.07, 6.45) is 2.54. The number of nitrogens with one attached hydrogen (secondary N) is 1. The highest BCUT2D eigenvalue weighted by Crippen LogP contribution is 2.21. The fourth-order valence-electron chi connectivity index (χ4n) is 1.88. The molecule has 0 bridgehead atoms. The van der Waals surface area contributed by atoms with Crippen molar-refractivity contribution < 1.29 is 23.6 Å². The largest absolute Gasteiger partial charge is 0.452 e. The highest BCUT2D eigenvalue weighted by Gasteiger charge is 2.15. The lowest BCUT2D eigenvalue weighted by Crippen LogP contribution is -2.20. The van der Waals surface area contributed by atoms with E-state index in [1.807, 2.05) is 0 Å². The summed E-state index contributed by atoms with van der Waals surface area (Å²) in [7, 11) is 0. The van der Waals surface area contributed by atoms with Crippen LogP contribution in [0.2, 0.25) is 5.02 Å². The normalized spacial score (nSPS) is 10.5. The fourth-order valence-corrected chi connectivity index (χ4v) is 2.08. The molecule has 0 saturated heterocycles. The maximum Gasteiger partial charge on any atom is 0.331 e. The number of nitro groups is 1. The van der Waals surface area contributed by atoms with E-state index >= 15 is 0 Å². The Bertz CT molecular complexity index is 885. The molecule has 9 heteroatoms. The number of amides is 1. The molecule has 26 heavy (non-hydrogen) atoms. The summed E-state index contributed by atoms with van der Waals surface area (Å²) in [5.41, 5.74) is -0.164. The number of hydrogen-bond acceptors (Lipinski definition) is 5. The molecule has 2 rings (SSSR count). The molecule has 7 nitrogen and oxygen atoms in total. The first-order valence-corrected chi connectivity index (χ1v) is 7.58. The third kappa shape index (κ3) is 5.38. The number of esters is 1. The van der Waals surface area contributed by atoms with Gasteiger partial charge in [-0.15, -0.1) is 0 Å². The van der Waals surface area contributed by atoms with Crippen molar-refractivity contribution in [3.8, 4) is 0 Å². The Morgan fingerprint density at radius 1 is 1.27 bits per heavy atom. The number of carbonyl (C=O) groups excluding carboxylic acids is 2. The van der Waals surface area contributed by atoms with Gasteiger partial charge in [0.25, 0.3) is 5.91 Å². The highest BCUT2D eigenvalue weighted by molar-refractivity contribution is 6.32. The average Bonchev–Trinajstić information content (AvgIpc) is 2.60. The minimum absolute atomic E-state index is 0.00533.